The average molecular weight is 481 g/mol. The Balaban J connectivity index is 1.66. The molecule has 8 heteroatoms. The summed E-state index contributed by atoms with van der Waals surface area (Å²) in [6.45, 7) is 7.73. The third kappa shape index (κ3) is 4.24. The second-order valence-electron chi connectivity index (χ2n) is 9.87. The Kier molecular flexibility index (Phi) is 5.96. The predicted molar refractivity (Wildman–Crippen MR) is 134 cm³/mol. The molecule has 0 spiro atoms. The van der Waals surface area contributed by atoms with Gasteiger partial charge in [-0.1, -0.05) is 38.1 Å². The van der Waals surface area contributed by atoms with Crippen LogP contribution >= 0.6 is 0 Å². The topological polar surface area (TPSA) is 85.2 Å². The van der Waals surface area contributed by atoms with Crippen LogP contribution in [0.15, 0.2) is 30.3 Å². The molecule has 7 nitrogen and oxygen atoms in total. The average Bonchev–Trinajstić information content (AvgIpc) is 3.37. The molecule has 2 fully saturated rings. The van der Waals surface area contributed by atoms with Gasteiger partial charge in [-0.2, -0.15) is 5.10 Å². The minimum atomic E-state index is -3.09. The van der Waals surface area contributed by atoms with E-state index in [1.165, 1.54) is 5.56 Å². The summed E-state index contributed by atoms with van der Waals surface area (Å²) in [5.41, 5.74) is 4.81. The number of hydrogen-bond donors (Lipinski definition) is 0. The Morgan fingerprint density at radius 3 is 2.44 bits per heavy atom. The molecule has 1 amide bonds. The van der Waals surface area contributed by atoms with E-state index in [4.69, 9.17) is 10.1 Å². The molecule has 180 valence electrons. The van der Waals surface area contributed by atoms with Crippen LogP contribution in [0, 0.1) is 12.8 Å². The van der Waals surface area contributed by atoms with Gasteiger partial charge in [0.25, 0.3) is 5.91 Å². The number of fused-ring (bicyclic) bond motifs is 1. The quantitative estimate of drug-likeness (QED) is 0.559. The minimum absolute atomic E-state index is 0.00687. The van der Waals surface area contributed by atoms with Gasteiger partial charge in [0.05, 0.1) is 39.9 Å². The summed E-state index contributed by atoms with van der Waals surface area (Å²) in [6.07, 6.45) is 3.47. The van der Waals surface area contributed by atoms with Crippen LogP contribution in [0.4, 0.5) is 0 Å². The number of pyridine rings is 1. The number of likely N-dealkylation sites (tertiary alicyclic amines) is 1. The summed E-state index contributed by atoms with van der Waals surface area (Å²) in [5, 5.41) is 5.46. The van der Waals surface area contributed by atoms with Gasteiger partial charge in [0.1, 0.15) is 0 Å². The third-order valence-corrected chi connectivity index (χ3v) is 9.10. The van der Waals surface area contributed by atoms with Gasteiger partial charge < -0.3 is 4.90 Å². The summed E-state index contributed by atoms with van der Waals surface area (Å²) in [4.78, 5) is 20.6. The normalized spacial score (nSPS) is 20.8. The molecule has 1 unspecified atom stereocenters. The molecule has 2 aromatic heterocycles. The van der Waals surface area contributed by atoms with E-state index in [1.807, 2.05) is 30.0 Å². The van der Waals surface area contributed by atoms with Gasteiger partial charge in [0, 0.05) is 18.7 Å². The molecule has 4 heterocycles. The van der Waals surface area contributed by atoms with Crippen molar-refractivity contribution in [1.82, 2.24) is 19.7 Å². The van der Waals surface area contributed by atoms with E-state index in [1.54, 1.807) is 4.68 Å². The molecule has 1 atom stereocenters. The van der Waals surface area contributed by atoms with Crippen LogP contribution in [0.2, 0.25) is 0 Å². The fraction of sp³-hybridized carbons (Fsp3) is 0.500. The number of benzene rings is 1. The van der Waals surface area contributed by atoms with Gasteiger partial charge in [0.15, 0.2) is 15.5 Å². The second kappa shape index (κ2) is 8.80. The first-order valence-corrected chi connectivity index (χ1v) is 14.1. The van der Waals surface area contributed by atoms with Crippen molar-refractivity contribution in [3.63, 3.8) is 0 Å². The Labute approximate surface area is 201 Å². The van der Waals surface area contributed by atoms with Crippen LogP contribution < -0.4 is 0 Å². The maximum atomic E-state index is 13.8. The Hall–Kier alpha value is -2.74. The second-order valence-corrected chi connectivity index (χ2v) is 12.1. The molecule has 0 saturated carbocycles. The monoisotopic (exact) mass is 480 g/mol. The maximum Gasteiger partial charge on any atom is 0.254 e. The first-order valence-electron chi connectivity index (χ1n) is 12.2. The zero-order valence-corrected chi connectivity index (χ0v) is 20.9. The smallest absolute Gasteiger partial charge is 0.254 e. The standard InChI is InChI=1S/C26H32N4O3S/c1-4-19-5-7-20(8-6-19)23-15-22(26(31)29-12-9-17(2)10-13-29)24-18(3)28-30(25(24)27-23)21-11-14-34(32,33)16-21/h5-8,15,17,21H,4,9-14,16H2,1-3H3. The summed E-state index contributed by atoms with van der Waals surface area (Å²) < 4.78 is 26.1. The fourth-order valence-electron chi connectivity index (χ4n) is 5.15. The molecule has 0 bridgehead atoms. The molecule has 2 saturated heterocycles. The largest absolute Gasteiger partial charge is 0.339 e. The first-order chi connectivity index (χ1) is 16.3. The highest BCUT2D eigenvalue weighted by Crippen LogP contribution is 2.33. The predicted octanol–water partition coefficient (Wildman–Crippen LogP) is 4.20. The number of aryl methyl sites for hydroxylation is 2. The number of rotatable bonds is 4. The maximum absolute atomic E-state index is 13.8. The summed E-state index contributed by atoms with van der Waals surface area (Å²) >= 11 is 0. The van der Waals surface area contributed by atoms with Crippen molar-refractivity contribution in [3.05, 3.63) is 47.2 Å². The van der Waals surface area contributed by atoms with Gasteiger partial charge in [-0.3, -0.25) is 4.79 Å². The number of carbonyl (C=O) groups excluding carboxylic acids is 1. The lowest BCUT2D eigenvalue weighted by atomic mass is 9.97. The van der Waals surface area contributed by atoms with Crippen molar-refractivity contribution >= 4 is 26.8 Å². The lowest BCUT2D eigenvalue weighted by molar-refractivity contribution is 0.0699. The lowest BCUT2D eigenvalue weighted by Crippen LogP contribution is -2.38. The highest BCUT2D eigenvalue weighted by molar-refractivity contribution is 7.91. The lowest BCUT2D eigenvalue weighted by Gasteiger charge is -2.30. The van der Waals surface area contributed by atoms with E-state index in [9.17, 15) is 13.2 Å². The molecule has 0 N–H and O–H groups in total. The van der Waals surface area contributed by atoms with E-state index in [-0.39, 0.29) is 23.5 Å². The number of carbonyl (C=O) groups is 1. The van der Waals surface area contributed by atoms with E-state index >= 15 is 0 Å². The summed E-state index contributed by atoms with van der Waals surface area (Å²) in [5.74, 6) is 0.858. The van der Waals surface area contributed by atoms with Crippen LogP contribution in [0.3, 0.4) is 0 Å². The number of amides is 1. The fourth-order valence-corrected chi connectivity index (χ4v) is 6.84. The molecule has 2 aliphatic heterocycles. The van der Waals surface area contributed by atoms with Crippen molar-refractivity contribution < 1.29 is 13.2 Å². The number of hydrogen-bond acceptors (Lipinski definition) is 5. The van der Waals surface area contributed by atoms with Crippen LogP contribution in [0.1, 0.15) is 60.8 Å². The zero-order valence-electron chi connectivity index (χ0n) is 20.1. The molecular weight excluding hydrogens is 448 g/mol. The number of sulfone groups is 1. The molecule has 0 aliphatic carbocycles. The van der Waals surface area contributed by atoms with E-state index in [0.29, 0.717) is 34.9 Å². The molecular formula is C26H32N4O3S. The number of piperidine rings is 1. The molecule has 1 aromatic carbocycles. The third-order valence-electron chi connectivity index (χ3n) is 7.35. The Bertz CT molecular complexity index is 1340. The summed E-state index contributed by atoms with van der Waals surface area (Å²) in [6, 6.07) is 9.88. The minimum Gasteiger partial charge on any atom is -0.339 e. The van der Waals surface area contributed by atoms with E-state index < -0.39 is 9.84 Å². The molecule has 0 radical (unpaired) electrons. The van der Waals surface area contributed by atoms with Crippen LogP contribution in [-0.4, -0.2) is 58.6 Å². The van der Waals surface area contributed by atoms with Crippen LogP contribution in [-0.2, 0) is 16.3 Å². The highest BCUT2D eigenvalue weighted by Gasteiger charge is 2.33. The van der Waals surface area contributed by atoms with Crippen molar-refractivity contribution in [2.24, 2.45) is 5.92 Å². The first kappa shape index (κ1) is 23.0. The number of nitrogens with zero attached hydrogens (tertiary/aromatic N) is 4. The van der Waals surface area contributed by atoms with Crippen molar-refractivity contribution in [1.29, 1.82) is 0 Å². The number of aromatic nitrogens is 3. The molecule has 5 rings (SSSR count). The van der Waals surface area contributed by atoms with Crippen molar-refractivity contribution in [3.8, 4) is 11.3 Å². The van der Waals surface area contributed by atoms with Gasteiger partial charge >= 0.3 is 0 Å². The molecule has 2 aliphatic rings. The Morgan fingerprint density at radius 2 is 1.82 bits per heavy atom. The van der Waals surface area contributed by atoms with Crippen LogP contribution in [0.5, 0.6) is 0 Å². The molecule has 3 aromatic rings. The van der Waals surface area contributed by atoms with E-state index in [0.717, 1.165) is 43.3 Å². The van der Waals surface area contributed by atoms with Gasteiger partial charge in [-0.15, -0.1) is 0 Å². The molecule has 34 heavy (non-hydrogen) atoms. The SMILES string of the molecule is CCc1ccc(-c2cc(C(=O)N3CCC(C)CC3)c3c(C)nn(C4CCS(=O)(=O)C4)c3n2)cc1. The zero-order chi connectivity index (χ0) is 24.0. The van der Waals surface area contributed by atoms with Crippen molar-refractivity contribution in [2.75, 3.05) is 24.6 Å². The van der Waals surface area contributed by atoms with Crippen LogP contribution in [0.25, 0.3) is 22.3 Å². The van der Waals surface area contributed by atoms with E-state index in [2.05, 4.69) is 26.0 Å². The Morgan fingerprint density at radius 1 is 1.12 bits per heavy atom. The van der Waals surface area contributed by atoms with Crippen molar-refractivity contribution in [2.45, 2.75) is 52.5 Å². The van der Waals surface area contributed by atoms with Gasteiger partial charge in [0.2, 0.25) is 0 Å². The highest BCUT2D eigenvalue weighted by atomic mass is 32.2. The van der Waals surface area contributed by atoms with Gasteiger partial charge in [-0.05, 0) is 50.2 Å². The summed E-state index contributed by atoms with van der Waals surface area (Å²) in [7, 11) is -3.09. The van der Waals surface area contributed by atoms with Gasteiger partial charge in [-0.25, -0.2) is 18.1 Å².